The molecule has 5 heterocycles. The molecule has 3 aromatic rings. The Bertz CT molecular complexity index is 1580. The van der Waals surface area contributed by atoms with Crippen LogP contribution < -0.4 is 20.4 Å². The van der Waals surface area contributed by atoms with Gasteiger partial charge in [0, 0.05) is 61.3 Å². The van der Waals surface area contributed by atoms with Gasteiger partial charge < -0.3 is 34.8 Å². The standard InChI is InChI=1S/C35H45N9O4/c1-23(2)41-14-16-42(17-15-41)32(45)26-6-10-28(11-7-26)37-35(46)36-27-8-4-25(5-9-27)31-38-33(43-18-19-47-20-24(43)3)40-34(39-31)44-29-12-13-30(44)22-48-21-29/h4-11,23-24,29-30H,12-22H2,1-3H3,(H2,36,37,46)/t24-,29?,30?/m1/s1. The summed E-state index contributed by atoms with van der Waals surface area (Å²) in [6.07, 6.45) is 2.13. The van der Waals surface area contributed by atoms with E-state index in [-0.39, 0.29) is 30.1 Å². The molecule has 0 spiro atoms. The minimum absolute atomic E-state index is 0.0173. The summed E-state index contributed by atoms with van der Waals surface area (Å²) in [5.74, 6) is 1.95. The lowest BCUT2D eigenvalue weighted by molar-refractivity contribution is 0.0595. The molecule has 2 unspecified atom stereocenters. The van der Waals surface area contributed by atoms with Gasteiger partial charge in [0.1, 0.15) is 0 Å². The van der Waals surface area contributed by atoms with E-state index < -0.39 is 0 Å². The molecule has 2 bridgehead atoms. The minimum atomic E-state index is -0.375. The van der Waals surface area contributed by atoms with Crippen molar-refractivity contribution in [2.24, 2.45) is 0 Å². The monoisotopic (exact) mass is 655 g/mol. The van der Waals surface area contributed by atoms with Gasteiger partial charge in [0.05, 0.1) is 44.6 Å². The number of rotatable bonds is 7. The van der Waals surface area contributed by atoms with Gasteiger partial charge in [-0.25, -0.2) is 4.79 Å². The molecular formula is C35H45N9O4. The molecule has 0 radical (unpaired) electrons. The van der Waals surface area contributed by atoms with Crippen molar-refractivity contribution in [1.82, 2.24) is 24.8 Å². The van der Waals surface area contributed by atoms with E-state index in [1.54, 1.807) is 24.3 Å². The molecule has 4 saturated heterocycles. The first-order valence-electron chi connectivity index (χ1n) is 17.1. The highest BCUT2D eigenvalue weighted by molar-refractivity contribution is 6.00. The number of nitrogens with one attached hydrogen (secondary N) is 2. The summed E-state index contributed by atoms with van der Waals surface area (Å²) in [5.41, 5.74) is 2.68. The fraction of sp³-hybridized carbons (Fsp3) is 0.514. The highest BCUT2D eigenvalue weighted by Gasteiger charge is 2.40. The molecule has 254 valence electrons. The van der Waals surface area contributed by atoms with Gasteiger partial charge in [-0.2, -0.15) is 15.0 Å². The molecule has 2 N–H and O–H groups in total. The molecule has 4 aliphatic rings. The number of anilines is 4. The topological polar surface area (TPSA) is 128 Å². The molecule has 13 heteroatoms. The number of fused-ring (bicyclic) bond motifs is 2. The van der Waals surface area contributed by atoms with Gasteiger partial charge >= 0.3 is 6.03 Å². The van der Waals surface area contributed by atoms with Crippen LogP contribution in [-0.2, 0) is 9.47 Å². The number of hydrogen-bond donors (Lipinski definition) is 2. The zero-order valence-corrected chi connectivity index (χ0v) is 28.0. The van der Waals surface area contributed by atoms with Gasteiger partial charge in [0.2, 0.25) is 11.9 Å². The first-order valence-corrected chi connectivity index (χ1v) is 17.1. The average molecular weight is 656 g/mol. The average Bonchev–Trinajstić information content (AvgIpc) is 3.36. The minimum Gasteiger partial charge on any atom is -0.377 e. The number of aromatic nitrogens is 3. The van der Waals surface area contributed by atoms with E-state index in [1.807, 2.05) is 29.2 Å². The Balaban J connectivity index is 1.01. The van der Waals surface area contributed by atoms with Crippen LogP contribution in [0.15, 0.2) is 48.5 Å². The maximum absolute atomic E-state index is 13.0. The first kappa shape index (κ1) is 32.2. The summed E-state index contributed by atoms with van der Waals surface area (Å²) >= 11 is 0. The molecule has 3 amide bonds. The number of hydrogen-bond acceptors (Lipinski definition) is 10. The number of morpholine rings is 2. The zero-order chi connectivity index (χ0) is 33.2. The van der Waals surface area contributed by atoms with Crippen molar-refractivity contribution < 1.29 is 19.1 Å². The third kappa shape index (κ3) is 6.94. The summed E-state index contributed by atoms with van der Waals surface area (Å²) in [6.45, 7) is 13.0. The number of ether oxygens (including phenoxy) is 2. The van der Waals surface area contributed by atoms with Crippen molar-refractivity contribution in [3.63, 3.8) is 0 Å². The second kappa shape index (κ2) is 14.0. The zero-order valence-electron chi connectivity index (χ0n) is 28.0. The third-order valence-corrected chi connectivity index (χ3v) is 9.83. The number of amides is 3. The Labute approximate surface area is 281 Å². The largest absolute Gasteiger partial charge is 0.377 e. The van der Waals surface area contributed by atoms with Crippen molar-refractivity contribution in [2.75, 3.05) is 79.6 Å². The van der Waals surface area contributed by atoms with Crippen LogP contribution in [0.5, 0.6) is 0 Å². The Morgan fingerprint density at radius 2 is 1.40 bits per heavy atom. The van der Waals surface area contributed by atoms with E-state index in [2.05, 4.69) is 46.1 Å². The van der Waals surface area contributed by atoms with Gasteiger partial charge in [0.25, 0.3) is 5.91 Å². The Hall–Kier alpha value is -4.33. The highest BCUT2D eigenvalue weighted by atomic mass is 16.5. The quantitative estimate of drug-likeness (QED) is 0.386. The van der Waals surface area contributed by atoms with Crippen molar-refractivity contribution in [3.05, 3.63) is 54.1 Å². The Kier molecular flexibility index (Phi) is 9.42. The summed E-state index contributed by atoms with van der Waals surface area (Å²) in [6, 6.07) is 15.3. The number of nitrogens with zero attached hydrogens (tertiary/aromatic N) is 7. The molecular weight excluding hydrogens is 610 g/mol. The lowest BCUT2D eigenvalue weighted by Gasteiger charge is -2.37. The van der Waals surface area contributed by atoms with Crippen molar-refractivity contribution in [1.29, 1.82) is 0 Å². The molecule has 4 aliphatic heterocycles. The van der Waals surface area contributed by atoms with E-state index in [9.17, 15) is 9.59 Å². The second-order valence-electron chi connectivity index (χ2n) is 13.4. The van der Waals surface area contributed by atoms with Crippen molar-refractivity contribution >= 4 is 35.2 Å². The molecule has 7 rings (SSSR count). The molecule has 3 atom stereocenters. The maximum Gasteiger partial charge on any atom is 0.323 e. The van der Waals surface area contributed by atoms with Crippen LogP contribution in [0.2, 0.25) is 0 Å². The Morgan fingerprint density at radius 3 is 2.02 bits per heavy atom. The number of urea groups is 1. The predicted octanol–water partition coefficient (Wildman–Crippen LogP) is 3.94. The molecule has 1 aromatic heterocycles. The normalized spacial score (nSPS) is 23.0. The maximum atomic E-state index is 13.0. The van der Waals surface area contributed by atoms with E-state index in [0.29, 0.717) is 73.7 Å². The number of carbonyl (C=O) groups excluding carboxylic acids is 2. The molecule has 4 fully saturated rings. The summed E-state index contributed by atoms with van der Waals surface area (Å²) in [7, 11) is 0. The number of carbonyl (C=O) groups is 2. The van der Waals surface area contributed by atoms with Gasteiger partial charge in [-0.1, -0.05) is 0 Å². The van der Waals surface area contributed by atoms with Crippen LogP contribution in [0, 0.1) is 0 Å². The summed E-state index contributed by atoms with van der Waals surface area (Å²) in [5, 5.41) is 5.76. The smallest absolute Gasteiger partial charge is 0.323 e. The van der Waals surface area contributed by atoms with Crippen molar-refractivity contribution in [3.8, 4) is 11.4 Å². The summed E-state index contributed by atoms with van der Waals surface area (Å²) < 4.78 is 11.5. The Morgan fingerprint density at radius 1 is 0.771 bits per heavy atom. The van der Waals surface area contributed by atoms with Gasteiger partial charge in [-0.15, -0.1) is 0 Å². The van der Waals surface area contributed by atoms with Crippen LogP contribution in [0.1, 0.15) is 44.0 Å². The highest BCUT2D eigenvalue weighted by Crippen LogP contribution is 2.34. The van der Waals surface area contributed by atoms with Crippen molar-refractivity contribution in [2.45, 2.75) is 57.8 Å². The third-order valence-electron chi connectivity index (χ3n) is 9.83. The van der Waals surface area contributed by atoms with E-state index in [0.717, 1.165) is 44.6 Å². The SMILES string of the molecule is CC(C)N1CCN(C(=O)c2ccc(NC(=O)Nc3ccc(-c4nc(N5C6CCC5COC6)nc(N5CCOC[C@H]5C)n4)cc3)cc2)CC1. The van der Waals surface area contributed by atoms with Crippen LogP contribution in [0.4, 0.5) is 28.1 Å². The molecule has 0 saturated carbocycles. The van der Waals surface area contributed by atoms with Gasteiger partial charge in [0.15, 0.2) is 5.82 Å². The van der Waals surface area contributed by atoms with E-state index >= 15 is 0 Å². The van der Waals surface area contributed by atoms with E-state index in [4.69, 9.17) is 24.4 Å². The van der Waals surface area contributed by atoms with Crippen LogP contribution in [-0.4, -0.2) is 120 Å². The number of benzene rings is 2. The van der Waals surface area contributed by atoms with Gasteiger partial charge in [-0.3, -0.25) is 9.69 Å². The van der Waals surface area contributed by atoms with E-state index in [1.165, 1.54) is 0 Å². The second-order valence-corrected chi connectivity index (χ2v) is 13.4. The fourth-order valence-electron chi connectivity index (χ4n) is 7.02. The lowest BCUT2D eigenvalue weighted by Crippen LogP contribution is -2.50. The predicted molar refractivity (Wildman–Crippen MR) is 185 cm³/mol. The van der Waals surface area contributed by atoms with Gasteiger partial charge in [-0.05, 0) is 82.1 Å². The van der Waals surface area contributed by atoms with Crippen LogP contribution >= 0.6 is 0 Å². The molecule has 0 aliphatic carbocycles. The van der Waals surface area contributed by atoms with Crippen LogP contribution in [0.25, 0.3) is 11.4 Å². The first-order chi connectivity index (χ1) is 23.3. The van der Waals surface area contributed by atoms with Crippen LogP contribution in [0.3, 0.4) is 0 Å². The molecule has 13 nitrogen and oxygen atoms in total. The fourth-order valence-corrected chi connectivity index (χ4v) is 7.02. The summed E-state index contributed by atoms with van der Waals surface area (Å²) in [4.78, 5) is 49.5. The molecule has 48 heavy (non-hydrogen) atoms. The molecule has 2 aromatic carbocycles. The lowest BCUT2D eigenvalue weighted by atomic mass is 10.1. The number of piperazine rings is 1.